The summed E-state index contributed by atoms with van der Waals surface area (Å²) in [4.78, 5) is 0. The molecule has 0 bridgehead atoms. The zero-order valence-corrected chi connectivity index (χ0v) is 7.02. The molecule has 1 rings (SSSR count). The zero-order chi connectivity index (χ0) is 3.54. The van der Waals surface area contributed by atoms with Crippen molar-refractivity contribution in [2.75, 3.05) is 13.2 Å². The van der Waals surface area contributed by atoms with Crippen molar-refractivity contribution in [3.05, 3.63) is 12.2 Å². The first-order valence-corrected chi connectivity index (χ1v) is 1.63. The Morgan fingerprint density at radius 1 is 1.67 bits per heavy atom. The van der Waals surface area contributed by atoms with Crippen LogP contribution in [0.15, 0.2) is 6.08 Å². The van der Waals surface area contributed by atoms with E-state index in [0.29, 0.717) is 6.61 Å². The summed E-state index contributed by atoms with van der Waals surface area (Å²) in [6.07, 6.45) is 4.76. The molecule has 1 aliphatic rings. The Morgan fingerprint density at radius 2 is 2.50 bits per heavy atom. The molecule has 0 fully saturated rings. The van der Waals surface area contributed by atoms with Crippen LogP contribution in [0.5, 0.6) is 0 Å². The summed E-state index contributed by atoms with van der Waals surface area (Å²) < 4.78 is 4.78. The van der Waals surface area contributed by atoms with E-state index in [1.807, 2.05) is 6.08 Å². The van der Waals surface area contributed by atoms with Gasteiger partial charge in [-0.1, -0.05) is 6.61 Å². The standard InChI is InChI=1S/C4H5O.K/c1-2-4-5-3-1;/h1H,3-4H2;/q-1;+1. The molecule has 0 atom stereocenters. The Balaban J connectivity index is 0.000000250. The van der Waals surface area contributed by atoms with Gasteiger partial charge in [-0.15, -0.1) is 0 Å². The van der Waals surface area contributed by atoms with E-state index in [9.17, 15) is 0 Å². The molecule has 0 saturated heterocycles. The van der Waals surface area contributed by atoms with Crippen molar-refractivity contribution in [2.24, 2.45) is 0 Å². The number of rotatable bonds is 0. The van der Waals surface area contributed by atoms with Crippen molar-refractivity contribution in [3.8, 4) is 0 Å². The molecule has 0 saturated carbocycles. The van der Waals surface area contributed by atoms with Crippen LogP contribution in [0.2, 0.25) is 0 Å². The minimum atomic E-state index is 0. The van der Waals surface area contributed by atoms with Gasteiger partial charge in [0.25, 0.3) is 0 Å². The minimum absolute atomic E-state index is 0. The van der Waals surface area contributed by atoms with Gasteiger partial charge in [0.2, 0.25) is 0 Å². The largest absolute Gasteiger partial charge is 1.00 e. The van der Waals surface area contributed by atoms with Crippen LogP contribution in [-0.4, -0.2) is 13.2 Å². The van der Waals surface area contributed by atoms with Crippen molar-refractivity contribution in [1.82, 2.24) is 0 Å². The van der Waals surface area contributed by atoms with E-state index in [0.717, 1.165) is 6.61 Å². The molecule has 0 aromatic heterocycles. The van der Waals surface area contributed by atoms with Crippen molar-refractivity contribution >= 4 is 0 Å². The summed E-state index contributed by atoms with van der Waals surface area (Å²) in [5.74, 6) is 0. The van der Waals surface area contributed by atoms with E-state index < -0.39 is 0 Å². The van der Waals surface area contributed by atoms with Gasteiger partial charge in [0.15, 0.2) is 0 Å². The third-order valence-electron chi connectivity index (χ3n) is 0.531. The zero-order valence-electron chi connectivity index (χ0n) is 3.90. The average molecular weight is 108 g/mol. The summed E-state index contributed by atoms with van der Waals surface area (Å²) in [6, 6.07) is 0. The van der Waals surface area contributed by atoms with E-state index in [1.165, 1.54) is 0 Å². The molecular weight excluding hydrogens is 103 g/mol. The molecule has 0 radical (unpaired) electrons. The fourth-order valence-corrected chi connectivity index (χ4v) is 0.295. The summed E-state index contributed by atoms with van der Waals surface area (Å²) in [7, 11) is 0. The first-order valence-electron chi connectivity index (χ1n) is 1.63. The number of hydrogen-bond acceptors (Lipinski definition) is 1. The normalized spacial score (nSPS) is 17.3. The maximum absolute atomic E-state index is 4.78. The topological polar surface area (TPSA) is 9.23 Å². The average Bonchev–Trinajstić information content (AvgIpc) is 1.76. The van der Waals surface area contributed by atoms with Crippen molar-refractivity contribution in [1.29, 1.82) is 0 Å². The van der Waals surface area contributed by atoms with Crippen LogP contribution in [0, 0.1) is 6.08 Å². The molecule has 0 aromatic carbocycles. The maximum Gasteiger partial charge on any atom is 1.00 e. The molecule has 0 aromatic rings. The molecule has 0 N–H and O–H groups in total. The maximum atomic E-state index is 4.78. The Kier molecular flexibility index (Phi) is 5.50. The second-order valence-corrected chi connectivity index (χ2v) is 0.923. The third kappa shape index (κ3) is 2.50. The van der Waals surface area contributed by atoms with Gasteiger partial charge in [-0.25, -0.2) is 6.08 Å². The monoisotopic (exact) mass is 108 g/mol. The molecule has 0 spiro atoms. The van der Waals surface area contributed by atoms with Crippen LogP contribution in [-0.2, 0) is 4.74 Å². The first-order chi connectivity index (χ1) is 2.50. The van der Waals surface area contributed by atoms with Gasteiger partial charge < -0.3 is 10.8 Å². The minimum Gasteiger partial charge on any atom is -0.472 e. The summed E-state index contributed by atoms with van der Waals surface area (Å²) in [5.41, 5.74) is 0. The molecule has 6 heavy (non-hydrogen) atoms. The molecule has 0 amide bonds. The number of hydrogen-bond donors (Lipinski definition) is 0. The second-order valence-electron chi connectivity index (χ2n) is 0.923. The molecule has 1 aliphatic heterocycles. The van der Waals surface area contributed by atoms with E-state index in [4.69, 9.17) is 4.74 Å². The summed E-state index contributed by atoms with van der Waals surface area (Å²) >= 11 is 0. The van der Waals surface area contributed by atoms with E-state index >= 15 is 0 Å². The van der Waals surface area contributed by atoms with Crippen LogP contribution in [0.25, 0.3) is 0 Å². The number of ether oxygens (including phenoxy) is 1. The fraction of sp³-hybridized carbons (Fsp3) is 0.500. The molecule has 1 heterocycles. The summed E-state index contributed by atoms with van der Waals surface area (Å²) in [6.45, 7) is 1.46. The Hall–Kier alpha value is 1.34. The van der Waals surface area contributed by atoms with Crippen molar-refractivity contribution in [2.45, 2.75) is 0 Å². The van der Waals surface area contributed by atoms with Crippen LogP contribution in [0.4, 0.5) is 0 Å². The van der Waals surface area contributed by atoms with Gasteiger partial charge in [-0.2, -0.15) is 0 Å². The molecule has 1 nitrogen and oxygen atoms in total. The van der Waals surface area contributed by atoms with Crippen LogP contribution in [0.1, 0.15) is 0 Å². The van der Waals surface area contributed by atoms with Gasteiger partial charge in [0.05, 0.1) is 0 Å². The van der Waals surface area contributed by atoms with Crippen molar-refractivity contribution < 1.29 is 56.1 Å². The fourth-order valence-electron chi connectivity index (χ4n) is 0.295. The van der Waals surface area contributed by atoms with Crippen LogP contribution >= 0.6 is 0 Å². The van der Waals surface area contributed by atoms with Gasteiger partial charge in [0.1, 0.15) is 0 Å². The van der Waals surface area contributed by atoms with E-state index in [2.05, 4.69) is 6.08 Å². The Bertz CT molecular complexity index is 45.5. The Morgan fingerprint density at radius 3 is 2.67 bits per heavy atom. The predicted octanol–water partition coefficient (Wildman–Crippen LogP) is -2.62. The van der Waals surface area contributed by atoms with E-state index in [1.54, 1.807) is 0 Å². The first kappa shape index (κ1) is 7.34. The van der Waals surface area contributed by atoms with Gasteiger partial charge in [0, 0.05) is 6.61 Å². The molecular formula is C4H5KO. The van der Waals surface area contributed by atoms with E-state index in [-0.39, 0.29) is 51.4 Å². The second kappa shape index (κ2) is 4.49. The van der Waals surface area contributed by atoms with Crippen LogP contribution in [0.3, 0.4) is 0 Å². The van der Waals surface area contributed by atoms with Gasteiger partial charge in [-0.3, -0.25) is 0 Å². The summed E-state index contributed by atoms with van der Waals surface area (Å²) in [5, 5.41) is 0. The molecule has 0 unspecified atom stereocenters. The van der Waals surface area contributed by atoms with Crippen LogP contribution < -0.4 is 51.4 Å². The van der Waals surface area contributed by atoms with Gasteiger partial charge >= 0.3 is 51.4 Å². The quantitative estimate of drug-likeness (QED) is 0.244. The predicted molar refractivity (Wildman–Crippen MR) is 18.6 cm³/mol. The smallest absolute Gasteiger partial charge is 0.472 e. The Labute approximate surface area is 80.2 Å². The van der Waals surface area contributed by atoms with Crippen molar-refractivity contribution in [3.63, 3.8) is 0 Å². The van der Waals surface area contributed by atoms with Gasteiger partial charge in [-0.05, 0) is 0 Å². The molecule has 0 aliphatic carbocycles. The SMILES string of the molecule is [C-]1=CCOC1.[K+]. The molecule has 2 heteroatoms. The third-order valence-corrected chi connectivity index (χ3v) is 0.531. The molecule has 28 valence electrons.